The Morgan fingerprint density at radius 3 is 2.87 bits per heavy atom. The van der Waals surface area contributed by atoms with Gasteiger partial charge >= 0.3 is 0 Å². The molecule has 154 valence electrons. The zero-order chi connectivity index (χ0) is 21.1. The third-order valence-electron chi connectivity index (χ3n) is 4.49. The number of nitrogens with one attached hydrogen (secondary N) is 3. The van der Waals surface area contributed by atoms with Crippen molar-refractivity contribution >= 4 is 11.6 Å². The van der Waals surface area contributed by atoms with E-state index in [4.69, 9.17) is 5.73 Å². The van der Waals surface area contributed by atoms with E-state index in [1.54, 1.807) is 41.1 Å². The van der Waals surface area contributed by atoms with Crippen LogP contribution in [-0.2, 0) is 0 Å². The third-order valence-corrected chi connectivity index (χ3v) is 4.49. The summed E-state index contributed by atoms with van der Waals surface area (Å²) < 4.78 is 15.4. The molecule has 3 heterocycles. The maximum absolute atomic E-state index is 13.6. The number of halogens is 1. The van der Waals surface area contributed by atoms with E-state index in [0.29, 0.717) is 41.8 Å². The largest absolute Gasteiger partial charge is 0.370 e. The van der Waals surface area contributed by atoms with Gasteiger partial charge in [0, 0.05) is 43.2 Å². The number of nitro groups is 1. The highest BCUT2D eigenvalue weighted by Crippen LogP contribution is 2.22. The van der Waals surface area contributed by atoms with Gasteiger partial charge in [-0.1, -0.05) is 12.1 Å². The van der Waals surface area contributed by atoms with Crippen molar-refractivity contribution in [3.8, 4) is 11.3 Å². The SMILES string of the molecule is NC1NC(NCCNc2nc(-c3cccc(F)c3)cc3nccn23)=CC=C1[N+](=O)[O-]. The van der Waals surface area contributed by atoms with Crippen LogP contribution in [0.1, 0.15) is 0 Å². The number of aromatic nitrogens is 3. The predicted octanol–water partition coefficient (Wildman–Crippen LogP) is 1.43. The van der Waals surface area contributed by atoms with Crippen LogP contribution in [0.2, 0.25) is 0 Å². The molecule has 1 unspecified atom stereocenters. The lowest BCUT2D eigenvalue weighted by Gasteiger charge is -2.20. The molecule has 3 aromatic rings. The van der Waals surface area contributed by atoms with Crippen LogP contribution in [0.5, 0.6) is 0 Å². The summed E-state index contributed by atoms with van der Waals surface area (Å²) in [6, 6.07) is 8.01. The zero-order valence-corrected chi connectivity index (χ0v) is 15.7. The molecular formula is C19H19FN8O2. The van der Waals surface area contributed by atoms with E-state index in [2.05, 4.69) is 25.9 Å². The molecule has 1 aliphatic heterocycles. The molecule has 0 saturated carbocycles. The van der Waals surface area contributed by atoms with Gasteiger partial charge in [0.1, 0.15) is 17.3 Å². The highest BCUT2D eigenvalue weighted by molar-refractivity contribution is 5.66. The Morgan fingerprint density at radius 2 is 2.10 bits per heavy atom. The number of allylic oxidation sites excluding steroid dienone is 2. The molecule has 0 fully saturated rings. The molecule has 1 aliphatic rings. The summed E-state index contributed by atoms with van der Waals surface area (Å²) in [5.74, 6) is 0.810. The minimum atomic E-state index is -0.879. The summed E-state index contributed by atoms with van der Waals surface area (Å²) in [4.78, 5) is 19.2. The Morgan fingerprint density at radius 1 is 1.27 bits per heavy atom. The Balaban J connectivity index is 1.44. The van der Waals surface area contributed by atoms with E-state index in [9.17, 15) is 14.5 Å². The van der Waals surface area contributed by atoms with Crippen molar-refractivity contribution < 1.29 is 9.31 Å². The van der Waals surface area contributed by atoms with Gasteiger partial charge in [-0.25, -0.2) is 14.4 Å². The van der Waals surface area contributed by atoms with Crippen molar-refractivity contribution in [2.24, 2.45) is 5.73 Å². The van der Waals surface area contributed by atoms with Gasteiger partial charge in [0.25, 0.3) is 5.70 Å². The third kappa shape index (κ3) is 4.05. The van der Waals surface area contributed by atoms with Crippen molar-refractivity contribution in [3.63, 3.8) is 0 Å². The van der Waals surface area contributed by atoms with E-state index >= 15 is 0 Å². The lowest BCUT2D eigenvalue weighted by molar-refractivity contribution is -0.430. The van der Waals surface area contributed by atoms with E-state index in [1.165, 1.54) is 18.2 Å². The average Bonchev–Trinajstić information content (AvgIpc) is 3.20. The maximum atomic E-state index is 13.6. The second-order valence-corrected chi connectivity index (χ2v) is 6.54. The van der Waals surface area contributed by atoms with Gasteiger partial charge in [-0.15, -0.1) is 0 Å². The lowest BCUT2D eigenvalue weighted by Crippen LogP contribution is -2.46. The molecule has 11 heteroatoms. The first-order valence-corrected chi connectivity index (χ1v) is 9.17. The van der Waals surface area contributed by atoms with Crippen LogP contribution in [-0.4, -0.2) is 38.5 Å². The fourth-order valence-electron chi connectivity index (χ4n) is 3.06. The molecule has 0 aliphatic carbocycles. The Kier molecular flexibility index (Phi) is 5.26. The molecule has 0 saturated heterocycles. The topological polar surface area (TPSA) is 135 Å². The Bertz CT molecular complexity index is 1160. The molecule has 2 aromatic heterocycles. The molecule has 30 heavy (non-hydrogen) atoms. The minimum Gasteiger partial charge on any atom is -0.370 e. The van der Waals surface area contributed by atoms with Gasteiger partial charge < -0.3 is 21.7 Å². The number of hydrogen-bond donors (Lipinski definition) is 4. The number of imidazole rings is 1. The van der Waals surface area contributed by atoms with Gasteiger partial charge in [-0.3, -0.25) is 14.5 Å². The summed E-state index contributed by atoms with van der Waals surface area (Å²) in [7, 11) is 0. The van der Waals surface area contributed by atoms with Crippen molar-refractivity contribution in [1.82, 2.24) is 25.0 Å². The van der Waals surface area contributed by atoms with E-state index in [-0.39, 0.29) is 11.5 Å². The fraction of sp³-hybridized carbons (Fsp3) is 0.158. The van der Waals surface area contributed by atoms with Crippen molar-refractivity contribution in [3.05, 3.63) is 82.3 Å². The molecule has 4 rings (SSSR count). The van der Waals surface area contributed by atoms with Gasteiger partial charge in [-0.05, 0) is 18.2 Å². The van der Waals surface area contributed by atoms with Crippen molar-refractivity contribution in [2.45, 2.75) is 6.17 Å². The number of fused-ring (bicyclic) bond motifs is 1. The molecule has 0 radical (unpaired) electrons. The fourth-order valence-corrected chi connectivity index (χ4v) is 3.06. The molecular weight excluding hydrogens is 391 g/mol. The molecule has 5 N–H and O–H groups in total. The number of dihydropyridines is 1. The standard InChI is InChI=1S/C19H19FN8O2/c20-13-3-1-2-12(10-13)14-11-17-23-8-9-27(17)19(25-14)24-7-6-22-16-5-4-15(28(29)30)18(21)26-16/h1-5,8-11,18,22,26H,6-7,21H2,(H,24,25). The second kappa shape index (κ2) is 8.17. The quantitative estimate of drug-likeness (QED) is 0.261. The van der Waals surface area contributed by atoms with Gasteiger partial charge in [-0.2, -0.15) is 0 Å². The molecule has 0 spiro atoms. The molecule has 1 aromatic carbocycles. The first kappa shape index (κ1) is 19.3. The van der Waals surface area contributed by atoms with Crippen molar-refractivity contribution in [1.29, 1.82) is 0 Å². The number of hydrogen-bond acceptors (Lipinski definition) is 8. The highest BCUT2D eigenvalue weighted by Gasteiger charge is 2.23. The highest BCUT2D eigenvalue weighted by atomic mass is 19.1. The summed E-state index contributed by atoms with van der Waals surface area (Å²) >= 11 is 0. The summed E-state index contributed by atoms with van der Waals surface area (Å²) in [5, 5.41) is 20.0. The second-order valence-electron chi connectivity index (χ2n) is 6.54. The first-order valence-electron chi connectivity index (χ1n) is 9.17. The number of benzene rings is 1. The van der Waals surface area contributed by atoms with Crippen LogP contribution in [0.3, 0.4) is 0 Å². The Labute approximate surface area is 170 Å². The number of rotatable bonds is 7. The molecule has 0 bridgehead atoms. The molecule has 10 nitrogen and oxygen atoms in total. The van der Waals surface area contributed by atoms with Crippen LogP contribution in [0, 0.1) is 15.9 Å². The smallest absolute Gasteiger partial charge is 0.282 e. The van der Waals surface area contributed by atoms with Crippen LogP contribution in [0.25, 0.3) is 16.9 Å². The summed E-state index contributed by atoms with van der Waals surface area (Å²) in [6.07, 6.45) is 5.50. The van der Waals surface area contributed by atoms with E-state index in [0.717, 1.165) is 0 Å². The van der Waals surface area contributed by atoms with Crippen LogP contribution >= 0.6 is 0 Å². The summed E-state index contributed by atoms with van der Waals surface area (Å²) in [5.41, 5.74) is 7.57. The van der Waals surface area contributed by atoms with E-state index in [1.807, 2.05) is 0 Å². The predicted molar refractivity (Wildman–Crippen MR) is 109 cm³/mol. The average molecular weight is 410 g/mol. The first-order chi connectivity index (χ1) is 14.5. The zero-order valence-electron chi connectivity index (χ0n) is 15.7. The van der Waals surface area contributed by atoms with Crippen LogP contribution < -0.4 is 21.7 Å². The number of nitrogens with zero attached hydrogens (tertiary/aromatic N) is 4. The van der Waals surface area contributed by atoms with E-state index < -0.39 is 11.1 Å². The number of anilines is 1. The minimum absolute atomic E-state index is 0.0976. The lowest BCUT2D eigenvalue weighted by atomic mass is 10.1. The van der Waals surface area contributed by atoms with Gasteiger partial charge in [0.15, 0.2) is 6.17 Å². The van der Waals surface area contributed by atoms with Gasteiger partial charge in [0.05, 0.1) is 10.6 Å². The Hall–Kier alpha value is -3.99. The van der Waals surface area contributed by atoms with Crippen molar-refractivity contribution in [2.75, 3.05) is 18.4 Å². The molecule has 1 atom stereocenters. The maximum Gasteiger partial charge on any atom is 0.282 e. The van der Waals surface area contributed by atoms with Gasteiger partial charge in [0.2, 0.25) is 5.95 Å². The number of nitrogens with two attached hydrogens (primary N) is 1. The summed E-state index contributed by atoms with van der Waals surface area (Å²) in [6.45, 7) is 0.988. The molecule has 0 amide bonds. The van der Waals surface area contributed by atoms with Crippen LogP contribution in [0.4, 0.5) is 10.3 Å². The monoisotopic (exact) mass is 410 g/mol. The van der Waals surface area contributed by atoms with Crippen LogP contribution in [0.15, 0.2) is 66.4 Å². The normalized spacial score (nSPS) is 15.9.